The zero-order valence-corrected chi connectivity index (χ0v) is 14.3. The predicted molar refractivity (Wildman–Crippen MR) is 94.4 cm³/mol. The quantitative estimate of drug-likeness (QED) is 0.721. The first-order valence-corrected chi connectivity index (χ1v) is 7.67. The summed E-state index contributed by atoms with van der Waals surface area (Å²) in [6.45, 7) is 2.52. The van der Waals surface area contributed by atoms with Crippen LogP contribution in [0.5, 0.6) is 5.75 Å². The van der Waals surface area contributed by atoms with Gasteiger partial charge in [-0.25, -0.2) is 4.98 Å². The Kier molecular flexibility index (Phi) is 5.63. The number of nitrogens with two attached hydrogens (primary N) is 1. The third kappa shape index (κ3) is 4.97. The number of methoxy groups -OCH3 is 1. The molecule has 0 amide bonds. The van der Waals surface area contributed by atoms with Crippen LogP contribution in [0.1, 0.15) is 12.5 Å². The van der Waals surface area contributed by atoms with E-state index in [-0.39, 0.29) is 0 Å². The van der Waals surface area contributed by atoms with E-state index in [4.69, 9.17) is 22.1 Å². The van der Waals surface area contributed by atoms with Gasteiger partial charge < -0.3 is 21.1 Å². The van der Waals surface area contributed by atoms with Crippen molar-refractivity contribution < 1.29 is 4.74 Å². The summed E-state index contributed by atoms with van der Waals surface area (Å²) in [5.74, 6) is 1.91. The third-order valence-electron chi connectivity index (χ3n) is 3.40. The van der Waals surface area contributed by atoms with Gasteiger partial charge in [-0.2, -0.15) is 4.98 Å². The summed E-state index contributed by atoms with van der Waals surface area (Å²) in [4.78, 5) is 8.44. The van der Waals surface area contributed by atoms with E-state index in [1.165, 1.54) is 0 Å². The van der Waals surface area contributed by atoms with Gasteiger partial charge in [0.05, 0.1) is 13.3 Å². The van der Waals surface area contributed by atoms with Crippen molar-refractivity contribution in [2.24, 2.45) is 5.73 Å². The molecule has 0 radical (unpaired) electrons. The number of anilines is 2. The van der Waals surface area contributed by atoms with Gasteiger partial charge in [-0.15, -0.1) is 0 Å². The van der Waals surface area contributed by atoms with Crippen LogP contribution in [0.15, 0.2) is 30.5 Å². The Balaban J connectivity index is 1.97. The van der Waals surface area contributed by atoms with Crippen molar-refractivity contribution in [1.29, 1.82) is 0 Å². The molecule has 1 aromatic carbocycles. The van der Waals surface area contributed by atoms with Crippen LogP contribution in [-0.4, -0.2) is 36.2 Å². The Hall–Kier alpha value is -2.05. The summed E-state index contributed by atoms with van der Waals surface area (Å²) in [6, 6.07) is 7.89. The van der Waals surface area contributed by atoms with E-state index in [0.717, 1.165) is 17.7 Å². The molecule has 124 valence electrons. The van der Waals surface area contributed by atoms with Crippen molar-refractivity contribution in [3.8, 4) is 5.75 Å². The van der Waals surface area contributed by atoms with Gasteiger partial charge in [-0.05, 0) is 31.0 Å². The maximum absolute atomic E-state index is 6.38. The van der Waals surface area contributed by atoms with Crippen molar-refractivity contribution in [2.75, 3.05) is 31.3 Å². The molecule has 0 fully saturated rings. The van der Waals surface area contributed by atoms with Crippen LogP contribution in [0.3, 0.4) is 0 Å². The minimum Gasteiger partial charge on any atom is -0.497 e. The van der Waals surface area contributed by atoms with E-state index in [1.54, 1.807) is 20.4 Å². The van der Waals surface area contributed by atoms with Crippen LogP contribution in [-0.2, 0) is 6.42 Å². The molecule has 1 heterocycles. The average Bonchev–Trinajstić information content (AvgIpc) is 2.54. The molecule has 1 atom stereocenters. The average molecular weight is 336 g/mol. The van der Waals surface area contributed by atoms with Gasteiger partial charge >= 0.3 is 0 Å². The molecule has 1 aromatic heterocycles. The highest BCUT2D eigenvalue weighted by Crippen LogP contribution is 2.19. The Morgan fingerprint density at radius 3 is 2.61 bits per heavy atom. The second kappa shape index (κ2) is 7.48. The largest absolute Gasteiger partial charge is 0.497 e. The number of hydrogen-bond donors (Lipinski definition) is 3. The number of rotatable bonds is 7. The lowest BCUT2D eigenvalue weighted by Gasteiger charge is -2.25. The van der Waals surface area contributed by atoms with Crippen LogP contribution >= 0.6 is 11.6 Å². The summed E-state index contributed by atoms with van der Waals surface area (Å²) in [7, 11) is 3.41. The Morgan fingerprint density at radius 1 is 1.30 bits per heavy atom. The highest BCUT2D eigenvalue weighted by molar-refractivity contribution is 6.32. The first-order valence-electron chi connectivity index (χ1n) is 7.29. The minimum atomic E-state index is -0.447. The lowest BCUT2D eigenvalue weighted by Crippen LogP contribution is -2.45. The normalized spacial score (nSPS) is 13.3. The molecule has 0 spiro atoms. The van der Waals surface area contributed by atoms with Crippen LogP contribution in [0.25, 0.3) is 0 Å². The fourth-order valence-corrected chi connectivity index (χ4v) is 2.37. The molecule has 0 aliphatic rings. The predicted octanol–water partition coefficient (Wildman–Crippen LogP) is 2.55. The molecule has 2 aromatic rings. The van der Waals surface area contributed by atoms with Gasteiger partial charge in [0.1, 0.15) is 16.6 Å². The number of nitrogens with zero attached hydrogens (tertiary/aromatic N) is 2. The van der Waals surface area contributed by atoms with Crippen LogP contribution in [0.4, 0.5) is 11.8 Å². The second-order valence-corrected chi connectivity index (χ2v) is 6.08. The van der Waals surface area contributed by atoms with Crippen LogP contribution < -0.4 is 21.1 Å². The van der Waals surface area contributed by atoms with E-state index in [9.17, 15) is 0 Å². The first-order chi connectivity index (χ1) is 10.9. The molecule has 6 nitrogen and oxygen atoms in total. The number of ether oxygens (including phenoxy) is 1. The van der Waals surface area contributed by atoms with Crippen LogP contribution in [0.2, 0.25) is 5.02 Å². The number of aromatic nitrogens is 2. The fourth-order valence-electron chi connectivity index (χ4n) is 2.18. The molecule has 0 saturated heterocycles. The molecule has 0 aliphatic heterocycles. The highest BCUT2D eigenvalue weighted by Gasteiger charge is 2.19. The summed E-state index contributed by atoms with van der Waals surface area (Å²) in [5.41, 5.74) is 7.07. The molecule has 23 heavy (non-hydrogen) atoms. The Labute approximate surface area is 141 Å². The lowest BCUT2D eigenvalue weighted by atomic mass is 9.94. The molecule has 2 rings (SSSR count). The van der Waals surface area contributed by atoms with E-state index < -0.39 is 5.54 Å². The Bertz CT molecular complexity index is 645. The molecular formula is C16H22ClN5O. The maximum atomic E-state index is 6.38. The van der Waals surface area contributed by atoms with E-state index >= 15 is 0 Å². The molecular weight excluding hydrogens is 314 g/mol. The third-order valence-corrected chi connectivity index (χ3v) is 3.67. The zero-order valence-electron chi connectivity index (χ0n) is 13.6. The standard InChI is InChI=1S/C16H22ClN5O/c1-16(18,8-11-4-6-12(23-3)7-5-11)10-21-15-20-9-13(17)14(19-2)22-15/h4-7,9H,8,10,18H2,1-3H3,(H2,19,20,21,22). The summed E-state index contributed by atoms with van der Waals surface area (Å²) >= 11 is 5.97. The smallest absolute Gasteiger partial charge is 0.224 e. The van der Waals surface area contributed by atoms with Crippen molar-refractivity contribution in [3.63, 3.8) is 0 Å². The van der Waals surface area contributed by atoms with Gasteiger partial charge in [-0.3, -0.25) is 0 Å². The van der Waals surface area contributed by atoms with E-state index in [2.05, 4.69) is 20.6 Å². The first kappa shape index (κ1) is 17.3. The lowest BCUT2D eigenvalue weighted by molar-refractivity contribution is 0.414. The van der Waals surface area contributed by atoms with Crippen molar-refractivity contribution in [3.05, 3.63) is 41.0 Å². The minimum absolute atomic E-state index is 0.447. The highest BCUT2D eigenvalue weighted by atomic mass is 35.5. The summed E-state index contributed by atoms with van der Waals surface area (Å²) < 4.78 is 5.16. The summed E-state index contributed by atoms with van der Waals surface area (Å²) in [5, 5.41) is 6.55. The maximum Gasteiger partial charge on any atom is 0.224 e. The van der Waals surface area contributed by atoms with E-state index in [0.29, 0.717) is 23.3 Å². The topological polar surface area (TPSA) is 85.1 Å². The van der Waals surface area contributed by atoms with E-state index in [1.807, 2.05) is 31.2 Å². The van der Waals surface area contributed by atoms with Crippen LogP contribution in [0, 0.1) is 0 Å². The van der Waals surface area contributed by atoms with Gasteiger partial charge in [0.15, 0.2) is 0 Å². The number of nitrogens with one attached hydrogen (secondary N) is 2. The van der Waals surface area contributed by atoms with Gasteiger partial charge in [0.25, 0.3) is 0 Å². The number of hydrogen-bond acceptors (Lipinski definition) is 6. The van der Waals surface area contributed by atoms with Crippen molar-refractivity contribution in [2.45, 2.75) is 18.9 Å². The number of benzene rings is 1. The van der Waals surface area contributed by atoms with Gasteiger partial charge in [0.2, 0.25) is 5.95 Å². The van der Waals surface area contributed by atoms with Gasteiger partial charge in [0, 0.05) is 19.1 Å². The second-order valence-electron chi connectivity index (χ2n) is 5.67. The molecule has 1 unspecified atom stereocenters. The zero-order chi connectivity index (χ0) is 16.9. The summed E-state index contributed by atoms with van der Waals surface area (Å²) in [6.07, 6.45) is 2.27. The molecule has 0 aliphatic carbocycles. The number of halogens is 1. The molecule has 0 bridgehead atoms. The SMILES string of the molecule is CNc1nc(NCC(C)(N)Cc2ccc(OC)cc2)ncc1Cl. The van der Waals surface area contributed by atoms with Gasteiger partial charge in [-0.1, -0.05) is 23.7 Å². The molecule has 7 heteroatoms. The molecule has 4 N–H and O–H groups in total. The Morgan fingerprint density at radius 2 is 2.00 bits per heavy atom. The van der Waals surface area contributed by atoms with Crippen molar-refractivity contribution in [1.82, 2.24) is 9.97 Å². The van der Waals surface area contributed by atoms with Crippen molar-refractivity contribution >= 4 is 23.4 Å². The fraction of sp³-hybridized carbons (Fsp3) is 0.375. The monoisotopic (exact) mass is 335 g/mol. The molecule has 0 saturated carbocycles.